The molecule has 0 spiro atoms. The summed E-state index contributed by atoms with van der Waals surface area (Å²) in [6.07, 6.45) is 5.05. The normalized spacial score (nSPS) is 19.9. The zero-order valence-corrected chi connectivity index (χ0v) is 25.2. The van der Waals surface area contributed by atoms with Gasteiger partial charge in [0, 0.05) is 49.0 Å². The van der Waals surface area contributed by atoms with Gasteiger partial charge in [0.25, 0.3) is 0 Å². The van der Waals surface area contributed by atoms with Gasteiger partial charge in [0.2, 0.25) is 0 Å². The fraction of sp³-hybridized carbons (Fsp3) is 0.586. The minimum Gasteiger partial charge on any atom is -0.382 e. The molecule has 4 rings (SSSR count). The second kappa shape index (κ2) is 13.9. The Hall–Kier alpha value is -2.26. The highest BCUT2D eigenvalue weighted by molar-refractivity contribution is 6.32. The number of aromatic nitrogens is 2. The van der Waals surface area contributed by atoms with Crippen molar-refractivity contribution in [2.75, 3.05) is 43.4 Å². The van der Waals surface area contributed by atoms with Crippen molar-refractivity contribution in [1.82, 2.24) is 19.8 Å². The first-order valence-electron chi connectivity index (χ1n) is 14.2. The summed E-state index contributed by atoms with van der Waals surface area (Å²) < 4.78 is 0. The first-order valence-corrected chi connectivity index (χ1v) is 14.9. The summed E-state index contributed by atoms with van der Waals surface area (Å²) in [4.78, 5) is 16.9. The summed E-state index contributed by atoms with van der Waals surface area (Å²) in [7, 11) is 0. The Morgan fingerprint density at radius 1 is 1.00 bits per heavy atom. The summed E-state index contributed by atoms with van der Waals surface area (Å²) in [6.45, 7) is 14.1. The molecule has 8 nitrogen and oxygen atoms in total. The second-order valence-corrected chi connectivity index (χ2v) is 11.6. The number of nitrogen functional groups attached to an aromatic ring is 1. The third-order valence-electron chi connectivity index (χ3n) is 7.64. The van der Waals surface area contributed by atoms with Crippen molar-refractivity contribution in [2.45, 2.75) is 78.4 Å². The number of nitrogens with two attached hydrogens (primary N) is 1. The molecule has 0 aliphatic carbocycles. The van der Waals surface area contributed by atoms with E-state index >= 15 is 0 Å². The van der Waals surface area contributed by atoms with Gasteiger partial charge in [-0.1, -0.05) is 55.6 Å². The lowest BCUT2D eigenvalue weighted by Gasteiger charge is -2.47. The largest absolute Gasteiger partial charge is 0.382 e. The number of anilines is 2. The molecule has 2 saturated heterocycles. The van der Waals surface area contributed by atoms with E-state index in [2.05, 4.69) is 55.9 Å². The summed E-state index contributed by atoms with van der Waals surface area (Å²) in [5, 5.41) is 9.77. The van der Waals surface area contributed by atoms with Gasteiger partial charge in [-0.05, 0) is 70.3 Å². The quantitative estimate of drug-likeness (QED) is 0.296. The van der Waals surface area contributed by atoms with Gasteiger partial charge in [0.15, 0.2) is 16.8 Å². The molecule has 0 amide bonds. The second-order valence-electron chi connectivity index (χ2n) is 10.8. The molecule has 1 aromatic carbocycles. The molecule has 212 valence electrons. The average Bonchev–Trinajstić information content (AvgIpc) is 2.93. The van der Waals surface area contributed by atoms with Crippen molar-refractivity contribution in [3.05, 3.63) is 45.7 Å². The van der Waals surface area contributed by atoms with Crippen LogP contribution in [0.5, 0.6) is 0 Å². The van der Waals surface area contributed by atoms with Gasteiger partial charge in [-0.2, -0.15) is 10.2 Å². The standard InChI is InChI=1S/C29H42Cl2N8/c1-5-7-25(36-35-20(3)4)26-28(32)34-29(27(31)33-26)38-16-17-39(23(6-2)19-38)24-12-14-37(15-13-24)18-21-8-10-22(30)11-9-21/h8-11,23-24H,5-7,12-19H2,1-4H3,(H2,32,34)/b36-25+. The third-order valence-corrected chi connectivity index (χ3v) is 8.14. The van der Waals surface area contributed by atoms with Crippen LogP contribution in [-0.2, 0) is 6.54 Å². The fourth-order valence-corrected chi connectivity index (χ4v) is 5.98. The molecular formula is C29H42Cl2N8. The Labute approximate surface area is 243 Å². The molecule has 0 radical (unpaired) electrons. The summed E-state index contributed by atoms with van der Waals surface area (Å²) >= 11 is 12.8. The predicted octanol–water partition coefficient (Wildman–Crippen LogP) is 5.92. The van der Waals surface area contributed by atoms with E-state index in [9.17, 15) is 0 Å². The zero-order chi connectivity index (χ0) is 27.9. The van der Waals surface area contributed by atoms with Gasteiger partial charge in [-0.3, -0.25) is 9.80 Å². The number of likely N-dealkylation sites (tertiary alicyclic amines) is 1. The molecule has 3 heterocycles. The third kappa shape index (κ3) is 7.69. The number of halogens is 2. The van der Waals surface area contributed by atoms with Gasteiger partial charge in [0.1, 0.15) is 5.69 Å². The monoisotopic (exact) mass is 572 g/mol. The number of rotatable bonds is 9. The van der Waals surface area contributed by atoms with Crippen molar-refractivity contribution in [1.29, 1.82) is 0 Å². The maximum atomic E-state index is 6.72. The predicted molar refractivity (Wildman–Crippen MR) is 164 cm³/mol. The average molecular weight is 574 g/mol. The van der Waals surface area contributed by atoms with E-state index in [1.807, 2.05) is 26.0 Å². The molecule has 0 saturated carbocycles. The molecule has 1 unspecified atom stereocenters. The lowest BCUT2D eigenvalue weighted by Crippen LogP contribution is -2.58. The van der Waals surface area contributed by atoms with Crippen molar-refractivity contribution < 1.29 is 0 Å². The summed E-state index contributed by atoms with van der Waals surface area (Å²) in [5.41, 5.74) is 9.85. The van der Waals surface area contributed by atoms with E-state index in [1.165, 1.54) is 18.4 Å². The summed E-state index contributed by atoms with van der Waals surface area (Å²) in [6, 6.07) is 9.25. The number of nitrogens with zero attached hydrogens (tertiary/aromatic N) is 7. The van der Waals surface area contributed by atoms with Gasteiger partial charge in [0.05, 0.1) is 5.71 Å². The number of benzene rings is 1. The first-order chi connectivity index (χ1) is 18.8. The molecule has 2 N–H and O–H groups in total. The Morgan fingerprint density at radius 2 is 1.72 bits per heavy atom. The van der Waals surface area contributed by atoms with Crippen LogP contribution in [0.15, 0.2) is 34.5 Å². The molecular weight excluding hydrogens is 531 g/mol. The molecule has 1 aromatic heterocycles. The van der Waals surface area contributed by atoms with Crippen LogP contribution in [0.3, 0.4) is 0 Å². The summed E-state index contributed by atoms with van der Waals surface area (Å²) in [5.74, 6) is 1.02. The number of hydrogen-bond donors (Lipinski definition) is 1. The van der Waals surface area contributed by atoms with E-state index in [1.54, 1.807) is 0 Å². The van der Waals surface area contributed by atoms with Crippen LogP contribution in [0, 0.1) is 0 Å². The van der Waals surface area contributed by atoms with Gasteiger partial charge < -0.3 is 10.6 Å². The maximum Gasteiger partial charge on any atom is 0.172 e. The van der Waals surface area contributed by atoms with Gasteiger partial charge in [-0.15, -0.1) is 0 Å². The van der Waals surface area contributed by atoms with Crippen molar-refractivity contribution >= 4 is 46.3 Å². The van der Waals surface area contributed by atoms with Gasteiger partial charge >= 0.3 is 0 Å². The topological polar surface area (TPSA) is 86.2 Å². The molecule has 10 heteroatoms. The van der Waals surface area contributed by atoms with Crippen LogP contribution in [0.25, 0.3) is 0 Å². The Morgan fingerprint density at radius 3 is 2.36 bits per heavy atom. The molecule has 2 aliphatic rings. The lowest BCUT2D eigenvalue weighted by molar-refractivity contribution is 0.0610. The van der Waals surface area contributed by atoms with Crippen LogP contribution < -0.4 is 10.6 Å². The van der Waals surface area contributed by atoms with Gasteiger partial charge in [-0.25, -0.2) is 9.97 Å². The number of piperidine rings is 1. The van der Waals surface area contributed by atoms with E-state index in [4.69, 9.17) is 33.9 Å². The Balaban J connectivity index is 1.40. The highest BCUT2D eigenvalue weighted by Crippen LogP contribution is 2.30. The van der Waals surface area contributed by atoms with Crippen LogP contribution in [-0.4, -0.2) is 76.0 Å². The highest BCUT2D eigenvalue weighted by atomic mass is 35.5. The Bertz CT molecular complexity index is 1150. The highest BCUT2D eigenvalue weighted by Gasteiger charge is 2.34. The zero-order valence-electron chi connectivity index (χ0n) is 23.7. The molecule has 39 heavy (non-hydrogen) atoms. The number of piperazine rings is 1. The maximum absolute atomic E-state index is 6.72. The van der Waals surface area contributed by atoms with Crippen LogP contribution in [0.4, 0.5) is 11.6 Å². The Kier molecular flexibility index (Phi) is 10.6. The van der Waals surface area contributed by atoms with Crippen LogP contribution in [0.1, 0.15) is 71.1 Å². The van der Waals surface area contributed by atoms with Crippen molar-refractivity contribution in [3.8, 4) is 0 Å². The van der Waals surface area contributed by atoms with E-state index in [-0.39, 0.29) is 0 Å². The van der Waals surface area contributed by atoms with E-state index in [0.29, 0.717) is 41.0 Å². The molecule has 0 bridgehead atoms. The van der Waals surface area contributed by atoms with E-state index < -0.39 is 0 Å². The first kappa shape index (κ1) is 29.7. The van der Waals surface area contributed by atoms with E-state index in [0.717, 1.165) is 68.6 Å². The molecule has 1 atom stereocenters. The fourth-order valence-electron chi connectivity index (χ4n) is 5.61. The molecule has 2 aromatic rings. The lowest BCUT2D eigenvalue weighted by atomic mass is 9.98. The molecule has 2 fully saturated rings. The minimum atomic E-state index is 0.356. The minimum absolute atomic E-state index is 0.356. The molecule has 2 aliphatic heterocycles. The van der Waals surface area contributed by atoms with Crippen LogP contribution >= 0.6 is 23.2 Å². The van der Waals surface area contributed by atoms with Crippen LogP contribution in [0.2, 0.25) is 10.2 Å². The number of hydrogen-bond acceptors (Lipinski definition) is 8. The smallest absolute Gasteiger partial charge is 0.172 e. The SMILES string of the molecule is CCC/C(=N\N=C(C)C)c1nc(Cl)c(N2CCN(C3CCN(Cc4ccc(Cl)cc4)CC3)C(CC)C2)nc1N. The van der Waals surface area contributed by atoms with Crippen molar-refractivity contribution in [3.63, 3.8) is 0 Å². The van der Waals surface area contributed by atoms with Crippen molar-refractivity contribution in [2.24, 2.45) is 10.2 Å².